The number of halogens is 1. The van der Waals surface area contributed by atoms with Crippen LogP contribution in [0.15, 0.2) is 20.0 Å². The maximum atomic E-state index is 12.3. The van der Waals surface area contributed by atoms with Crippen LogP contribution in [-0.2, 0) is 16.6 Å². The summed E-state index contributed by atoms with van der Waals surface area (Å²) in [6.07, 6.45) is 0. The number of hydrogen-bond donors (Lipinski definition) is 2. The van der Waals surface area contributed by atoms with Crippen LogP contribution in [0.2, 0.25) is 0 Å². The van der Waals surface area contributed by atoms with E-state index in [2.05, 4.69) is 46.7 Å². The number of furan rings is 1. The Morgan fingerprint density at radius 1 is 1.40 bits per heavy atom. The lowest BCUT2D eigenvalue weighted by Crippen LogP contribution is -2.33. The first-order valence-corrected chi connectivity index (χ1v) is 8.78. The van der Waals surface area contributed by atoms with E-state index in [0.717, 1.165) is 0 Å². The zero-order valence-electron chi connectivity index (χ0n) is 12.6. The predicted molar refractivity (Wildman–Crippen MR) is 83.0 cm³/mol. The molecule has 1 aromatic heterocycles. The number of sulfonamides is 1. The molecule has 20 heavy (non-hydrogen) atoms. The highest BCUT2D eigenvalue weighted by Crippen LogP contribution is 2.28. The summed E-state index contributed by atoms with van der Waals surface area (Å²) < 4.78 is 32.8. The molecule has 1 heterocycles. The molecule has 1 unspecified atom stereocenters. The van der Waals surface area contributed by atoms with Gasteiger partial charge in [-0.3, -0.25) is 0 Å². The minimum atomic E-state index is -3.56. The van der Waals surface area contributed by atoms with Crippen molar-refractivity contribution >= 4 is 26.0 Å². The fourth-order valence-electron chi connectivity index (χ4n) is 1.46. The molecule has 116 valence electrons. The highest BCUT2D eigenvalue weighted by atomic mass is 79.9. The molecule has 1 atom stereocenters. The van der Waals surface area contributed by atoms with Gasteiger partial charge in [0.05, 0.1) is 6.54 Å². The SMILES string of the molecule is CNCc1cc(S(=O)(=O)NCC(C)C(C)(C)C)c(Br)o1. The van der Waals surface area contributed by atoms with Crippen molar-refractivity contribution in [3.8, 4) is 0 Å². The minimum absolute atomic E-state index is 0.0490. The molecule has 0 saturated carbocycles. The van der Waals surface area contributed by atoms with Crippen molar-refractivity contribution in [3.05, 3.63) is 16.5 Å². The summed E-state index contributed by atoms with van der Waals surface area (Å²) in [5, 5.41) is 2.92. The van der Waals surface area contributed by atoms with E-state index in [9.17, 15) is 8.42 Å². The van der Waals surface area contributed by atoms with Crippen LogP contribution < -0.4 is 10.0 Å². The van der Waals surface area contributed by atoms with Gasteiger partial charge in [0.25, 0.3) is 0 Å². The Labute approximate surface area is 129 Å². The van der Waals surface area contributed by atoms with Gasteiger partial charge in [-0.2, -0.15) is 0 Å². The third kappa shape index (κ3) is 4.58. The highest BCUT2D eigenvalue weighted by molar-refractivity contribution is 9.10. The first-order chi connectivity index (χ1) is 9.08. The Bertz CT molecular complexity index is 546. The molecule has 2 N–H and O–H groups in total. The smallest absolute Gasteiger partial charge is 0.244 e. The minimum Gasteiger partial charge on any atom is -0.452 e. The van der Waals surface area contributed by atoms with Crippen molar-refractivity contribution in [2.24, 2.45) is 11.3 Å². The summed E-state index contributed by atoms with van der Waals surface area (Å²) in [4.78, 5) is 0.142. The van der Waals surface area contributed by atoms with Crippen molar-refractivity contribution < 1.29 is 12.8 Å². The zero-order valence-corrected chi connectivity index (χ0v) is 15.0. The topological polar surface area (TPSA) is 71.3 Å². The quantitative estimate of drug-likeness (QED) is 0.811. The van der Waals surface area contributed by atoms with Gasteiger partial charge in [0.2, 0.25) is 10.0 Å². The van der Waals surface area contributed by atoms with Crippen molar-refractivity contribution in [2.75, 3.05) is 13.6 Å². The molecule has 1 rings (SSSR count). The molecule has 5 nitrogen and oxygen atoms in total. The summed E-state index contributed by atoms with van der Waals surface area (Å²) in [5.41, 5.74) is 0.0490. The molecule has 0 aliphatic carbocycles. The molecule has 1 aromatic rings. The van der Waals surface area contributed by atoms with E-state index in [1.54, 1.807) is 7.05 Å². The van der Waals surface area contributed by atoms with Crippen LogP contribution in [0.1, 0.15) is 33.5 Å². The first-order valence-electron chi connectivity index (χ1n) is 6.50. The molecule has 0 bridgehead atoms. The second-order valence-electron chi connectivity index (χ2n) is 6.00. The first kappa shape index (κ1) is 17.7. The maximum Gasteiger partial charge on any atom is 0.244 e. The van der Waals surface area contributed by atoms with Gasteiger partial charge >= 0.3 is 0 Å². The molecular formula is C13H23BrN2O3S. The van der Waals surface area contributed by atoms with Crippen molar-refractivity contribution in [1.82, 2.24) is 10.0 Å². The fourth-order valence-corrected chi connectivity index (χ4v) is 3.59. The summed E-state index contributed by atoms with van der Waals surface area (Å²) >= 11 is 3.16. The molecule has 0 amide bonds. The predicted octanol–water partition coefficient (Wildman–Crippen LogP) is 2.72. The number of rotatable bonds is 6. The average Bonchev–Trinajstić information content (AvgIpc) is 2.67. The molecule has 7 heteroatoms. The van der Waals surface area contributed by atoms with Gasteiger partial charge in [-0.25, -0.2) is 13.1 Å². The van der Waals surface area contributed by atoms with E-state index < -0.39 is 10.0 Å². The Kier molecular flexibility index (Phi) is 5.83. The lowest BCUT2D eigenvalue weighted by atomic mass is 9.82. The van der Waals surface area contributed by atoms with E-state index in [4.69, 9.17) is 4.42 Å². The third-order valence-corrected chi connectivity index (χ3v) is 5.69. The molecule has 0 aromatic carbocycles. The largest absolute Gasteiger partial charge is 0.452 e. The second-order valence-corrected chi connectivity index (χ2v) is 8.46. The average molecular weight is 367 g/mol. The fraction of sp³-hybridized carbons (Fsp3) is 0.692. The molecule has 0 aliphatic rings. The molecule has 0 spiro atoms. The van der Waals surface area contributed by atoms with Gasteiger partial charge in [-0.1, -0.05) is 27.7 Å². The van der Waals surface area contributed by atoms with Crippen LogP contribution in [0.25, 0.3) is 0 Å². The monoisotopic (exact) mass is 366 g/mol. The lowest BCUT2D eigenvalue weighted by Gasteiger charge is -2.27. The number of hydrogen-bond acceptors (Lipinski definition) is 4. The third-order valence-electron chi connectivity index (χ3n) is 3.40. The summed E-state index contributed by atoms with van der Waals surface area (Å²) in [6, 6.07) is 1.53. The molecule has 0 saturated heterocycles. The summed E-state index contributed by atoms with van der Waals surface area (Å²) in [6.45, 7) is 9.16. The number of nitrogens with one attached hydrogen (secondary N) is 2. The molecule has 0 radical (unpaired) electrons. The van der Waals surface area contributed by atoms with Gasteiger partial charge in [0, 0.05) is 12.6 Å². The standard InChI is InChI=1S/C13H23BrN2O3S/c1-9(13(2,3)4)7-16-20(17,18)11-6-10(8-15-5)19-12(11)14/h6,9,15-16H,7-8H2,1-5H3. The van der Waals surface area contributed by atoms with Gasteiger partial charge in [-0.05, 0) is 34.3 Å². The summed E-state index contributed by atoms with van der Waals surface area (Å²) in [7, 11) is -1.79. The van der Waals surface area contributed by atoms with Crippen LogP contribution in [0.5, 0.6) is 0 Å². The van der Waals surface area contributed by atoms with Crippen LogP contribution in [0, 0.1) is 11.3 Å². The van der Waals surface area contributed by atoms with Crippen LogP contribution in [0.4, 0.5) is 0 Å². The molecule has 0 aliphatic heterocycles. The van der Waals surface area contributed by atoms with E-state index in [-0.39, 0.29) is 20.9 Å². The maximum absolute atomic E-state index is 12.3. The van der Waals surface area contributed by atoms with Crippen LogP contribution in [0.3, 0.4) is 0 Å². The van der Waals surface area contributed by atoms with E-state index in [1.165, 1.54) is 6.07 Å². The van der Waals surface area contributed by atoms with Gasteiger partial charge in [0.1, 0.15) is 10.7 Å². The Morgan fingerprint density at radius 3 is 2.50 bits per heavy atom. The second kappa shape index (κ2) is 6.60. The normalized spacial score (nSPS) is 14.5. The lowest BCUT2D eigenvalue weighted by molar-refractivity contribution is 0.263. The van der Waals surface area contributed by atoms with Gasteiger partial charge in [-0.15, -0.1) is 0 Å². The van der Waals surface area contributed by atoms with Gasteiger partial charge < -0.3 is 9.73 Å². The van der Waals surface area contributed by atoms with E-state index in [1.807, 2.05) is 6.92 Å². The van der Waals surface area contributed by atoms with Crippen molar-refractivity contribution in [1.29, 1.82) is 0 Å². The van der Waals surface area contributed by atoms with Crippen LogP contribution >= 0.6 is 15.9 Å². The van der Waals surface area contributed by atoms with E-state index in [0.29, 0.717) is 18.8 Å². The Balaban J connectivity index is 2.84. The summed E-state index contributed by atoms with van der Waals surface area (Å²) in [5.74, 6) is 0.795. The van der Waals surface area contributed by atoms with Crippen molar-refractivity contribution in [3.63, 3.8) is 0 Å². The Morgan fingerprint density at radius 2 is 2.00 bits per heavy atom. The molecular weight excluding hydrogens is 344 g/mol. The van der Waals surface area contributed by atoms with Crippen molar-refractivity contribution in [2.45, 2.75) is 39.1 Å². The van der Waals surface area contributed by atoms with Gasteiger partial charge in [0.15, 0.2) is 4.67 Å². The van der Waals surface area contributed by atoms with E-state index >= 15 is 0 Å². The Hall–Kier alpha value is -0.370. The molecule has 0 fully saturated rings. The van der Waals surface area contributed by atoms with Crippen LogP contribution in [-0.4, -0.2) is 22.0 Å². The highest BCUT2D eigenvalue weighted by Gasteiger charge is 2.26. The zero-order chi connectivity index (χ0) is 15.6.